The van der Waals surface area contributed by atoms with Crippen LogP contribution in [-0.2, 0) is 0 Å². The number of halogens is 1. The summed E-state index contributed by atoms with van der Waals surface area (Å²) in [5.74, 6) is -1.06. The van der Waals surface area contributed by atoms with Crippen molar-refractivity contribution in [2.75, 3.05) is 0 Å². The summed E-state index contributed by atoms with van der Waals surface area (Å²) in [5.41, 5.74) is 1.93. The van der Waals surface area contributed by atoms with Crippen LogP contribution in [0.4, 0.5) is 0 Å². The van der Waals surface area contributed by atoms with E-state index >= 15 is 0 Å². The fraction of sp³-hybridized carbons (Fsp3) is 0. The molecule has 2 heterocycles. The van der Waals surface area contributed by atoms with Gasteiger partial charge in [0.2, 0.25) is 0 Å². The first-order valence-corrected chi connectivity index (χ1v) is 6.79. The zero-order chi connectivity index (χ0) is 13.4. The predicted octanol–water partition coefficient (Wildman–Crippen LogP) is 4.31. The van der Waals surface area contributed by atoms with Gasteiger partial charge < -0.3 is 5.11 Å². The first-order chi connectivity index (χ1) is 9.18. The van der Waals surface area contributed by atoms with Gasteiger partial charge in [-0.2, -0.15) is 0 Å². The zero-order valence-electron chi connectivity index (χ0n) is 9.63. The number of rotatable bonds is 2. The molecule has 3 nitrogen and oxygen atoms in total. The van der Waals surface area contributed by atoms with Gasteiger partial charge in [-0.1, -0.05) is 41.9 Å². The van der Waals surface area contributed by atoms with Crippen LogP contribution in [-0.4, -0.2) is 16.1 Å². The van der Waals surface area contributed by atoms with Crippen LogP contribution in [0.5, 0.6) is 0 Å². The van der Waals surface area contributed by atoms with Crippen LogP contribution >= 0.6 is 22.9 Å². The van der Waals surface area contributed by atoms with Crippen LogP contribution in [0.1, 0.15) is 10.4 Å². The Morgan fingerprint density at radius 2 is 1.95 bits per heavy atom. The number of hydrogen-bond acceptors (Lipinski definition) is 3. The van der Waals surface area contributed by atoms with Crippen LogP contribution < -0.4 is 0 Å². The van der Waals surface area contributed by atoms with Gasteiger partial charge >= 0.3 is 5.97 Å². The van der Waals surface area contributed by atoms with E-state index < -0.39 is 5.97 Å². The number of benzene rings is 1. The van der Waals surface area contributed by atoms with Crippen molar-refractivity contribution >= 4 is 39.1 Å². The normalized spacial score (nSPS) is 10.8. The molecular weight excluding hydrogens is 282 g/mol. The molecule has 0 bridgehead atoms. The lowest BCUT2D eigenvalue weighted by molar-refractivity contribution is 0.0698. The van der Waals surface area contributed by atoms with Gasteiger partial charge in [0, 0.05) is 5.56 Å². The maximum Gasteiger partial charge on any atom is 0.339 e. The van der Waals surface area contributed by atoms with E-state index in [1.807, 2.05) is 41.8 Å². The van der Waals surface area contributed by atoms with Gasteiger partial charge in [0.05, 0.1) is 20.9 Å². The van der Waals surface area contributed by atoms with Crippen molar-refractivity contribution < 1.29 is 9.90 Å². The molecule has 19 heavy (non-hydrogen) atoms. The first kappa shape index (κ1) is 12.1. The number of pyridine rings is 1. The van der Waals surface area contributed by atoms with Crippen molar-refractivity contribution in [3.05, 3.63) is 52.4 Å². The van der Waals surface area contributed by atoms with Crippen molar-refractivity contribution in [3.63, 3.8) is 0 Å². The second-order valence-electron chi connectivity index (χ2n) is 3.96. The monoisotopic (exact) mass is 289 g/mol. The summed E-state index contributed by atoms with van der Waals surface area (Å²) in [6.07, 6.45) is 0. The average Bonchev–Trinajstić information content (AvgIpc) is 2.87. The SMILES string of the molecule is O=C(O)c1c(-c2ccccc2)nc2ccsc2c1Cl. The average molecular weight is 290 g/mol. The van der Waals surface area contributed by atoms with E-state index in [4.69, 9.17) is 11.6 Å². The number of carboxylic acids is 1. The van der Waals surface area contributed by atoms with Gasteiger partial charge in [-0.15, -0.1) is 11.3 Å². The van der Waals surface area contributed by atoms with Crippen molar-refractivity contribution in [1.29, 1.82) is 0 Å². The van der Waals surface area contributed by atoms with Crippen LogP contribution in [0.15, 0.2) is 41.8 Å². The number of carbonyl (C=O) groups is 1. The van der Waals surface area contributed by atoms with E-state index in [-0.39, 0.29) is 10.6 Å². The first-order valence-electron chi connectivity index (χ1n) is 5.54. The maximum absolute atomic E-state index is 11.5. The number of thiophene rings is 1. The Bertz CT molecular complexity index is 768. The fourth-order valence-corrected chi connectivity index (χ4v) is 3.12. The number of aromatic carboxylic acids is 1. The Kier molecular flexibility index (Phi) is 2.97. The molecule has 1 aromatic carbocycles. The van der Waals surface area contributed by atoms with Crippen molar-refractivity contribution in [3.8, 4) is 11.3 Å². The van der Waals surface area contributed by atoms with Gasteiger partial charge in [-0.05, 0) is 11.4 Å². The van der Waals surface area contributed by atoms with Gasteiger partial charge in [-0.3, -0.25) is 0 Å². The molecule has 2 aromatic heterocycles. The third kappa shape index (κ3) is 1.99. The minimum absolute atomic E-state index is 0.0582. The summed E-state index contributed by atoms with van der Waals surface area (Å²) in [6.45, 7) is 0. The summed E-state index contributed by atoms with van der Waals surface area (Å²) in [5, 5.41) is 11.5. The van der Waals surface area contributed by atoms with Crippen LogP contribution in [0, 0.1) is 0 Å². The van der Waals surface area contributed by atoms with E-state index in [0.29, 0.717) is 10.4 Å². The molecule has 0 saturated heterocycles. The number of fused-ring (bicyclic) bond motifs is 1. The third-order valence-electron chi connectivity index (χ3n) is 2.79. The Morgan fingerprint density at radius 3 is 2.63 bits per heavy atom. The summed E-state index contributed by atoms with van der Waals surface area (Å²) < 4.78 is 0.707. The van der Waals surface area contributed by atoms with Gasteiger partial charge in [0.1, 0.15) is 5.56 Å². The van der Waals surface area contributed by atoms with Crippen molar-refractivity contribution in [2.24, 2.45) is 0 Å². The molecule has 0 aliphatic carbocycles. The molecule has 1 N–H and O–H groups in total. The second-order valence-corrected chi connectivity index (χ2v) is 5.25. The summed E-state index contributed by atoms with van der Waals surface area (Å²) in [6, 6.07) is 11.0. The fourth-order valence-electron chi connectivity index (χ4n) is 1.95. The third-order valence-corrected chi connectivity index (χ3v) is 4.20. The topological polar surface area (TPSA) is 50.2 Å². The summed E-state index contributed by atoms with van der Waals surface area (Å²) >= 11 is 7.61. The number of aromatic nitrogens is 1. The van der Waals surface area contributed by atoms with E-state index in [1.165, 1.54) is 11.3 Å². The van der Waals surface area contributed by atoms with Crippen molar-refractivity contribution in [2.45, 2.75) is 0 Å². The lowest BCUT2D eigenvalue weighted by Gasteiger charge is -2.08. The lowest BCUT2D eigenvalue weighted by atomic mass is 10.1. The van der Waals surface area contributed by atoms with E-state index in [0.717, 1.165) is 11.1 Å². The van der Waals surface area contributed by atoms with E-state index in [1.54, 1.807) is 0 Å². The summed E-state index contributed by atoms with van der Waals surface area (Å²) in [4.78, 5) is 15.9. The largest absolute Gasteiger partial charge is 0.478 e. The number of carboxylic acid groups (broad SMARTS) is 1. The van der Waals surface area contributed by atoms with Crippen LogP contribution in [0.3, 0.4) is 0 Å². The molecule has 0 fully saturated rings. The zero-order valence-corrected chi connectivity index (χ0v) is 11.2. The van der Waals surface area contributed by atoms with Crippen LogP contribution in [0.2, 0.25) is 5.02 Å². The van der Waals surface area contributed by atoms with Gasteiger partial charge in [0.15, 0.2) is 0 Å². The quantitative estimate of drug-likeness (QED) is 0.764. The highest BCUT2D eigenvalue weighted by Crippen LogP contribution is 2.36. The molecule has 0 atom stereocenters. The van der Waals surface area contributed by atoms with E-state index in [9.17, 15) is 9.90 Å². The minimum atomic E-state index is -1.06. The maximum atomic E-state index is 11.5. The Morgan fingerprint density at radius 1 is 1.21 bits per heavy atom. The standard InChI is InChI=1S/C14H8ClNO2S/c15-11-10(14(17)18)12(8-4-2-1-3-5-8)16-9-6-7-19-13(9)11/h1-7H,(H,17,18). The number of nitrogens with zero attached hydrogens (tertiary/aromatic N) is 1. The molecule has 0 saturated carbocycles. The molecule has 0 aliphatic rings. The smallest absolute Gasteiger partial charge is 0.339 e. The highest BCUT2D eigenvalue weighted by Gasteiger charge is 2.21. The van der Waals surface area contributed by atoms with Gasteiger partial charge in [0.25, 0.3) is 0 Å². The molecule has 3 aromatic rings. The van der Waals surface area contributed by atoms with Crippen LogP contribution in [0.25, 0.3) is 21.5 Å². The number of hydrogen-bond donors (Lipinski definition) is 1. The molecule has 0 spiro atoms. The highest BCUT2D eigenvalue weighted by molar-refractivity contribution is 7.17. The Labute approximate surface area is 118 Å². The second kappa shape index (κ2) is 4.64. The van der Waals surface area contributed by atoms with Gasteiger partial charge in [-0.25, -0.2) is 9.78 Å². The molecule has 0 radical (unpaired) electrons. The van der Waals surface area contributed by atoms with E-state index in [2.05, 4.69) is 4.98 Å². The molecule has 94 valence electrons. The lowest BCUT2D eigenvalue weighted by Crippen LogP contribution is -2.03. The molecule has 5 heteroatoms. The molecule has 3 rings (SSSR count). The Hall–Kier alpha value is -1.91. The highest BCUT2D eigenvalue weighted by atomic mass is 35.5. The molecule has 0 amide bonds. The summed E-state index contributed by atoms with van der Waals surface area (Å²) in [7, 11) is 0. The molecular formula is C14H8ClNO2S. The predicted molar refractivity (Wildman–Crippen MR) is 77.0 cm³/mol. The Balaban J connectivity index is 2.40. The minimum Gasteiger partial charge on any atom is -0.478 e. The molecule has 0 unspecified atom stereocenters. The molecule has 0 aliphatic heterocycles. The van der Waals surface area contributed by atoms with Crippen molar-refractivity contribution in [1.82, 2.24) is 4.98 Å².